The zero-order chi connectivity index (χ0) is 19.2. The molecule has 4 heteroatoms. The fourth-order valence-electron chi connectivity index (χ4n) is 2.79. The molecular formula is C24H18N2OS. The van der Waals surface area contributed by atoms with Crippen LogP contribution in [0.1, 0.15) is 5.56 Å². The molecule has 1 aliphatic rings. The second-order valence-electron chi connectivity index (χ2n) is 6.11. The first-order valence-electron chi connectivity index (χ1n) is 8.96. The van der Waals surface area contributed by atoms with Gasteiger partial charge in [-0.05, 0) is 47.7 Å². The molecule has 1 fully saturated rings. The molecule has 0 saturated carbocycles. The lowest BCUT2D eigenvalue weighted by Gasteiger charge is -2.15. The molecule has 0 aromatic heterocycles. The lowest BCUT2D eigenvalue weighted by molar-refractivity contribution is -0.113. The highest BCUT2D eigenvalue weighted by Crippen LogP contribution is 2.36. The summed E-state index contributed by atoms with van der Waals surface area (Å²) in [4.78, 5) is 20.1. The molecule has 0 spiro atoms. The minimum Gasteiger partial charge on any atom is -0.268 e. The quantitative estimate of drug-likeness (QED) is 0.515. The van der Waals surface area contributed by atoms with Crippen LogP contribution in [-0.2, 0) is 4.79 Å². The van der Waals surface area contributed by atoms with E-state index in [2.05, 4.69) is 0 Å². The number of allylic oxidation sites excluding steroid dienone is 2. The lowest BCUT2D eigenvalue weighted by atomic mass is 10.2. The lowest BCUT2D eigenvalue weighted by Crippen LogP contribution is -2.28. The summed E-state index contributed by atoms with van der Waals surface area (Å²) in [6.45, 7) is 0. The van der Waals surface area contributed by atoms with E-state index in [1.165, 1.54) is 11.8 Å². The van der Waals surface area contributed by atoms with Crippen molar-refractivity contribution in [3.05, 3.63) is 114 Å². The molecule has 4 rings (SSSR count). The zero-order valence-electron chi connectivity index (χ0n) is 15.1. The Morgan fingerprint density at radius 2 is 1.39 bits per heavy atom. The molecule has 0 N–H and O–H groups in total. The maximum absolute atomic E-state index is 13.1. The Labute approximate surface area is 168 Å². The Morgan fingerprint density at radius 3 is 2.07 bits per heavy atom. The molecular weight excluding hydrogens is 364 g/mol. The van der Waals surface area contributed by atoms with Gasteiger partial charge in [-0.25, -0.2) is 4.99 Å². The predicted octanol–water partition coefficient (Wildman–Crippen LogP) is 6.05. The molecule has 136 valence electrons. The van der Waals surface area contributed by atoms with Crippen LogP contribution in [0.25, 0.3) is 6.08 Å². The van der Waals surface area contributed by atoms with Gasteiger partial charge in [0, 0.05) is 0 Å². The van der Waals surface area contributed by atoms with Crippen LogP contribution in [0.5, 0.6) is 0 Å². The number of benzene rings is 3. The monoisotopic (exact) mass is 382 g/mol. The van der Waals surface area contributed by atoms with Crippen LogP contribution in [0, 0.1) is 0 Å². The number of thioether (sulfide) groups is 1. The number of nitrogens with zero attached hydrogens (tertiary/aromatic N) is 2. The van der Waals surface area contributed by atoms with E-state index in [-0.39, 0.29) is 5.91 Å². The fraction of sp³-hybridized carbons (Fsp3) is 0. The Hall–Kier alpha value is -3.37. The highest BCUT2D eigenvalue weighted by Gasteiger charge is 2.34. The van der Waals surface area contributed by atoms with E-state index in [9.17, 15) is 4.79 Å². The van der Waals surface area contributed by atoms with Gasteiger partial charge in [0.1, 0.15) is 0 Å². The molecule has 0 radical (unpaired) electrons. The summed E-state index contributed by atoms with van der Waals surface area (Å²) >= 11 is 1.39. The van der Waals surface area contributed by atoms with E-state index >= 15 is 0 Å². The maximum atomic E-state index is 13.1. The standard InChI is InChI=1S/C24H18N2OS/c27-23-22(18-10-13-19-11-4-1-5-12-19)28-24(25-20-14-6-2-7-15-20)26(23)21-16-8-3-9-17-21/h1-18H/b13-10+,22-18-,25-24?. The smallest absolute Gasteiger partial charge is 0.268 e. The van der Waals surface area contributed by atoms with Gasteiger partial charge in [-0.3, -0.25) is 9.69 Å². The summed E-state index contributed by atoms with van der Waals surface area (Å²) in [7, 11) is 0. The normalized spacial score (nSPS) is 17.1. The largest absolute Gasteiger partial charge is 0.271 e. The zero-order valence-corrected chi connectivity index (χ0v) is 15.9. The van der Waals surface area contributed by atoms with Gasteiger partial charge in [0.2, 0.25) is 0 Å². The molecule has 1 saturated heterocycles. The number of rotatable bonds is 4. The Kier molecular flexibility index (Phi) is 5.50. The van der Waals surface area contributed by atoms with Crippen LogP contribution >= 0.6 is 11.8 Å². The number of carbonyl (C=O) groups excluding carboxylic acids is 1. The molecule has 1 heterocycles. The van der Waals surface area contributed by atoms with E-state index in [0.29, 0.717) is 10.1 Å². The number of hydrogen-bond donors (Lipinski definition) is 0. The summed E-state index contributed by atoms with van der Waals surface area (Å²) in [6.07, 6.45) is 5.74. The van der Waals surface area contributed by atoms with Gasteiger partial charge in [-0.1, -0.05) is 78.9 Å². The van der Waals surface area contributed by atoms with Crippen LogP contribution < -0.4 is 4.90 Å². The minimum atomic E-state index is -0.0661. The van der Waals surface area contributed by atoms with Gasteiger partial charge < -0.3 is 0 Å². The summed E-state index contributed by atoms with van der Waals surface area (Å²) in [5.74, 6) is -0.0661. The van der Waals surface area contributed by atoms with Gasteiger partial charge in [-0.15, -0.1) is 0 Å². The highest BCUT2D eigenvalue weighted by atomic mass is 32.2. The fourth-order valence-corrected chi connectivity index (χ4v) is 3.74. The van der Waals surface area contributed by atoms with Crippen LogP contribution in [-0.4, -0.2) is 11.1 Å². The summed E-state index contributed by atoms with van der Waals surface area (Å²) in [6, 6.07) is 29.3. The van der Waals surface area contributed by atoms with Crippen molar-refractivity contribution in [2.75, 3.05) is 4.90 Å². The number of amides is 1. The first-order valence-corrected chi connectivity index (χ1v) is 9.77. The van der Waals surface area contributed by atoms with Crippen molar-refractivity contribution in [2.24, 2.45) is 4.99 Å². The average Bonchev–Trinajstić information content (AvgIpc) is 3.05. The van der Waals surface area contributed by atoms with Crippen molar-refractivity contribution >= 4 is 40.3 Å². The van der Waals surface area contributed by atoms with Gasteiger partial charge in [0.25, 0.3) is 5.91 Å². The molecule has 0 aliphatic carbocycles. The molecule has 28 heavy (non-hydrogen) atoms. The molecule has 0 bridgehead atoms. The van der Waals surface area contributed by atoms with Crippen molar-refractivity contribution in [3.63, 3.8) is 0 Å². The van der Waals surface area contributed by atoms with E-state index in [4.69, 9.17) is 4.99 Å². The average molecular weight is 382 g/mol. The van der Waals surface area contributed by atoms with Crippen LogP contribution in [0.4, 0.5) is 11.4 Å². The van der Waals surface area contributed by atoms with Crippen molar-refractivity contribution in [1.29, 1.82) is 0 Å². The molecule has 3 aromatic rings. The first-order chi connectivity index (χ1) is 13.8. The third-order valence-electron chi connectivity index (χ3n) is 4.14. The Balaban J connectivity index is 1.67. The van der Waals surface area contributed by atoms with E-state index < -0.39 is 0 Å². The molecule has 1 aliphatic heterocycles. The minimum absolute atomic E-state index is 0.0661. The van der Waals surface area contributed by atoms with E-state index in [1.807, 2.05) is 109 Å². The maximum Gasteiger partial charge on any atom is 0.271 e. The van der Waals surface area contributed by atoms with E-state index in [0.717, 1.165) is 16.9 Å². The molecule has 0 unspecified atom stereocenters. The number of anilines is 1. The van der Waals surface area contributed by atoms with Crippen molar-refractivity contribution in [2.45, 2.75) is 0 Å². The molecule has 0 atom stereocenters. The number of aliphatic imine (C=N–C) groups is 1. The summed E-state index contributed by atoms with van der Waals surface area (Å²) < 4.78 is 0. The first kappa shape index (κ1) is 18.0. The topological polar surface area (TPSA) is 32.7 Å². The summed E-state index contributed by atoms with van der Waals surface area (Å²) in [5.41, 5.74) is 2.72. The van der Waals surface area contributed by atoms with Crippen LogP contribution in [0.15, 0.2) is 113 Å². The van der Waals surface area contributed by atoms with Crippen molar-refractivity contribution in [1.82, 2.24) is 0 Å². The number of carbonyl (C=O) groups is 1. The van der Waals surface area contributed by atoms with Crippen LogP contribution in [0.2, 0.25) is 0 Å². The SMILES string of the molecule is O=C1/C(=C/C=C/c2ccccc2)SC(=Nc2ccccc2)N1c1ccccc1. The third kappa shape index (κ3) is 4.13. The Morgan fingerprint density at radius 1 is 0.786 bits per heavy atom. The molecule has 3 nitrogen and oxygen atoms in total. The van der Waals surface area contributed by atoms with Gasteiger partial charge in [-0.2, -0.15) is 0 Å². The number of para-hydroxylation sites is 2. The molecule has 1 amide bonds. The van der Waals surface area contributed by atoms with Crippen molar-refractivity contribution in [3.8, 4) is 0 Å². The second-order valence-corrected chi connectivity index (χ2v) is 7.12. The summed E-state index contributed by atoms with van der Waals surface area (Å²) in [5, 5.41) is 0.654. The predicted molar refractivity (Wildman–Crippen MR) is 119 cm³/mol. The molecule has 3 aromatic carbocycles. The van der Waals surface area contributed by atoms with Gasteiger partial charge >= 0.3 is 0 Å². The Bertz CT molecular complexity index is 1040. The van der Waals surface area contributed by atoms with Gasteiger partial charge in [0.15, 0.2) is 5.17 Å². The second kappa shape index (κ2) is 8.55. The van der Waals surface area contributed by atoms with Crippen molar-refractivity contribution < 1.29 is 4.79 Å². The number of hydrogen-bond acceptors (Lipinski definition) is 3. The van der Waals surface area contributed by atoms with Crippen LogP contribution in [0.3, 0.4) is 0 Å². The van der Waals surface area contributed by atoms with Gasteiger partial charge in [0.05, 0.1) is 16.3 Å². The van der Waals surface area contributed by atoms with E-state index in [1.54, 1.807) is 4.90 Å². The number of amidine groups is 1. The highest BCUT2D eigenvalue weighted by molar-refractivity contribution is 8.19. The third-order valence-corrected chi connectivity index (χ3v) is 5.12.